The van der Waals surface area contributed by atoms with Gasteiger partial charge < -0.3 is 14.3 Å². The van der Waals surface area contributed by atoms with Gasteiger partial charge in [0.1, 0.15) is 0 Å². The number of nitrogens with one attached hydrogen (secondary N) is 1. The van der Waals surface area contributed by atoms with Gasteiger partial charge in [-0.25, -0.2) is 13.4 Å². The molecule has 3 aromatic rings. The van der Waals surface area contributed by atoms with Crippen molar-refractivity contribution >= 4 is 27.3 Å². The first-order valence-corrected chi connectivity index (χ1v) is 11.5. The van der Waals surface area contributed by atoms with E-state index in [1.807, 2.05) is 0 Å². The van der Waals surface area contributed by atoms with E-state index in [9.17, 15) is 18.3 Å². The van der Waals surface area contributed by atoms with Crippen LogP contribution in [0.3, 0.4) is 0 Å². The number of anilines is 1. The molecule has 1 aliphatic heterocycles. The van der Waals surface area contributed by atoms with Crippen LogP contribution in [0.2, 0.25) is 0 Å². The minimum Gasteiger partial charge on any atom is -0.504 e. The Hall–Kier alpha value is -3.79. The van der Waals surface area contributed by atoms with Crippen molar-refractivity contribution in [3.63, 3.8) is 0 Å². The lowest BCUT2D eigenvalue weighted by Crippen LogP contribution is -2.26. The normalized spacial score (nSPS) is 16.0. The number of ether oxygens (including phenoxy) is 1. The van der Waals surface area contributed by atoms with Crippen LogP contribution < -0.4 is 9.46 Å². The third-order valence-electron chi connectivity index (χ3n) is 4.98. The highest BCUT2D eigenvalue weighted by Crippen LogP contribution is 2.41. The Morgan fingerprint density at radius 2 is 1.94 bits per heavy atom. The van der Waals surface area contributed by atoms with E-state index in [4.69, 9.17) is 9.15 Å². The number of amides is 1. The van der Waals surface area contributed by atoms with Crippen molar-refractivity contribution in [2.75, 3.05) is 18.1 Å². The monoisotopic (exact) mass is 455 g/mol. The summed E-state index contributed by atoms with van der Waals surface area (Å²) in [5.41, 5.74) is 2.22. The maximum Gasteiger partial charge on any atom is 0.310 e. The van der Waals surface area contributed by atoms with E-state index in [1.54, 1.807) is 54.6 Å². The quantitative estimate of drug-likeness (QED) is 0.588. The molecule has 4 rings (SSSR count). The summed E-state index contributed by atoms with van der Waals surface area (Å²) in [5.74, 6) is -0.110. The van der Waals surface area contributed by atoms with Gasteiger partial charge in [-0.3, -0.25) is 9.52 Å². The van der Waals surface area contributed by atoms with Crippen LogP contribution >= 0.6 is 0 Å². The Bertz CT molecular complexity index is 1270. The van der Waals surface area contributed by atoms with Crippen LogP contribution in [0.4, 0.5) is 5.69 Å². The van der Waals surface area contributed by atoms with Gasteiger partial charge >= 0.3 is 5.91 Å². The molecule has 0 spiro atoms. The van der Waals surface area contributed by atoms with Crippen molar-refractivity contribution in [3.8, 4) is 11.5 Å². The van der Waals surface area contributed by atoms with Crippen molar-refractivity contribution < 1.29 is 27.5 Å². The highest BCUT2D eigenvalue weighted by atomic mass is 32.2. The maximum atomic E-state index is 13.1. The van der Waals surface area contributed by atoms with Crippen molar-refractivity contribution in [2.24, 2.45) is 5.10 Å². The van der Waals surface area contributed by atoms with E-state index in [-0.39, 0.29) is 17.3 Å². The Kier molecular flexibility index (Phi) is 5.62. The van der Waals surface area contributed by atoms with Crippen molar-refractivity contribution in [2.45, 2.75) is 12.5 Å². The summed E-state index contributed by atoms with van der Waals surface area (Å²) in [7, 11) is -1.94. The summed E-state index contributed by atoms with van der Waals surface area (Å²) >= 11 is 0. The number of nitrogens with zero attached hydrogens (tertiary/aromatic N) is 2. The Morgan fingerprint density at radius 3 is 2.56 bits per heavy atom. The number of carbonyl (C=O) groups excluding carboxylic acids is 1. The zero-order valence-corrected chi connectivity index (χ0v) is 18.2. The maximum absolute atomic E-state index is 13.1. The van der Waals surface area contributed by atoms with Crippen molar-refractivity contribution in [3.05, 3.63) is 77.7 Å². The first-order valence-electron chi connectivity index (χ1n) is 9.65. The molecule has 1 aliphatic rings. The number of hydrogen-bond acceptors (Lipinski definition) is 7. The molecule has 0 radical (unpaired) electrons. The van der Waals surface area contributed by atoms with E-state index >= 15 is 0 Å². The summed E-state index contributed by atoms with van der Waals surface area (Å²) in [6.45, 7) is 0. The summed E-state index contributed by atoms with van der Waals surface area (Å²) < 4.78 is 35.7. The third-order valence-corrected chi connectivity index (χ3v) is 5.59. The largest absolute Gasteiger partial charge is 0.504 e. The van der Waals surface area contributed by atoms with Crippen LogP contribution in [-0.4, -0.2) is 43.5 Å². The second-order valence-corrected chi connectivity index (χ2v) is 8.99. The minimum atomic E-state index is -3.39. The van der Waals surface area contributed by atoms with Crippen LogP contribution in [0.5, 0.6) is 11.5 Å². The summed E-state index contributed by atoms with van der Waals surface area (Å²) in [5, 5.41) is 16.5. The number of hydrogen-bond donors (Lipinski definition) is 2. The van der Waals surface area contributed by atoms with Gasteiger partial charge in [-0.15, -0.1) is 0 Å². The fourth-order valence-electron chi connectivity index (χ4n) is 3.55. The number of aromatic hydroxyl groups is 1. The second-order valence-electron chi connectivity index (χ2n) is 7.24. The first kappa shape index (κ1) is 21.4. The van der Waals surface area contributed by atoms with Gasteiger partial charge in [0.05, 0.1) is 31.4 Å². The molecule has 1 atom stereocenters. The lowest BCUT2D eigenvalue weighted by atomic mass is 9.97. The fourth-order valence-corrected chi connectivity index (χ4v) is 4.11. The molecule has 0 unspecified atom stereocenters. The number of para-hydroxylation sites is 1. The van der Waals surface area contributed by atoms with Crippen molar-refractivity contribution in [1.82, 2.24) is 5.01 Å². The van der Waals surface area contributed by atoms with Gasteiger partial charge in [0.2, 0.25) is 10.0 Å². The molecule has 166 valence electrons. The number of benzene rings is 2. The Balaban J connectivity index is 1.70. The minimum absolute atomic E-state index is 0.0682. The SMILES string of the molecule is COc1cccc([C@H]2CC(c3ccc(NS(C)(=O)=O)cc3)=NN2C(=O)c2ccco2)c1O. The zero-order valence-electron chi connectivity index (χ0n) is 17.3. The van der Waals surface area contributed by atoms with Gasteiger partial charge in [0, 0.05) is 17.7 Å². The summed E-state index contributed by atoms with van der Waals surface area (Å²) in [6, 6.07) is 14.3. The number of phenolic OH excluding ortho intramolecular Hbond substituents is 1. The smallest absolute Gasteiger partial charge is 0.310 e. The van der Waals surface area contributed by atoms with Gasteiger partial charge in [0.25, 0.3) is 0 Å². The molecule has 0 fully saturated rings. The summed E-state index contributed by atoms with van der Waals surface area (Å²) in [4.78, 5) is 13.1. The van der Waals surface area contributed by atoms with E-state index in [0.717, 1.165) is 6.26 Å². The standard InChI is InChI=1S/C22H21N3O6S/c1-30-19-6-3-5-16(21(19)26)18-13-17(23-25(18)22(27)20-7-4-12-31-20)14-8-10-15(11-9-14)24-32(2,28)29/h3-12,18,24,26H,13H2,1-2H3/t18-/m1/s1. The second kappa shape index (κ2) is 8.39. The van der Waals surface area contributed by atoms with Gasteiger partial charge in [-0.2, -0.15) is 5.10 Å². The number of furan rings is 1. The van der Waals surface area contributed by atoms with E-state index < -0.39 is 22.0 Å². The van der Waals surface area contributed by atoms with E-state index in [0.29, 0.717) is 28.9 Å². The van der Waals surface area contributed by atoms with Crippen LogP contribution in [0.15, 0.2) is 70.4 Å². The third kappa shape index (κ3) is 4.30. The molecule has 32 heavy (non-hydrogen) atoms. The molecule has 0 saturated carbocycles. The number of rotatable bonds is 6. The molecule has 2 heterocycles. The lowest BCUT2D eigenvalue weighted by Gasteiger charge is -2.22. The first-order chi connectivity index (χ1) is 15.3. The Labute approximate surface area is 185 Å². The van der Waals surface area contributed by atoms with E-state index in [1.165, 1.54) is 18.4 Å². The molecule has 1 amide bonds. The number of carbonyl (C=O) groups is 1. The molecule has 1 aromatic heterocycles. The molecular weight excluding hydrogens is 434 g/mol. The molecule has 0 saturated heterocycles. The number of phenols is 1. The number of sulfonamides is 1. The van der Waals surface area contributed by atoms with Crippen LogP contribution in [-0.2, 0) is 10.0 Å². The molecule has 10 heteroatoms. The molecule has 0 aliphatic carbocycles. The van der Waals surface area contributed by atoms with Gasteiger partial charge in [-0.1, -0.05) is 24.3 Å². The molecule has 2 aromatic carbocycles. The number of methoxy groups -OCH3 is 1. The molecule has 2 N–H and O–H groups in total. The molecule has 0 bridgehead atoms. The van der Waals surface area contributed by atoms with E-state index in [2.05, 4.69) is 9.82 Å². The van der Waals surface area contributed by atoms with Crippen LogP contribution in [0, 0.1) is 0 Å². The predicted octanol–water partition coefficient (Wildman–Crippen LogP) is 3.36. The lowest BCUT2D eigenvalue weighted by molar-refractivity contribution is 0.0676. The molecule has 9 nitrogen and oxygen atoms in total. The summed E-state index contributed by atoms with van der Waals surface area (Å²) in [6.07, 6.45) is 2.80. The van der Waals surface area contributed by atoms with Crippen LogP contribution in [0.25, 0.3) is 0 Å². The topological polar surface area (TPSA) is 121 Å². The molecular formula is C22H21N3O6S. The highest BCUT2D eigenvalue weighted by molar-refractivity contribution is 7.92. The predicted molar refractivity (Wildman–Crippen MR) is 118 cm³/mol. The van der Waals surface area contributed by atoms with Gasteiger partial charge in [0.15, 0.2) is 17.3 Å². The average molecular weight is 455 g/mol. The average Bonchev–Trinajstić information content (AvgIpc) is 3.43. The number of hydrazone groups is 1. The Morgan fingerprint density at radius 1 is 1.19 bits per heavy atom. The zero-order chi connectivity index (χ0) is 22.9. The van der Waals surface area contributed by atoms with Crippen molar-refractivity contribution in [1.29, 1.82) is 0 Å². The fraction of sp³-hybridized carbons (Fsp3) is 0.182. The van der Waals surface area contributed by atoms with Gasteiger partial charge in [-0.05, 0) is 35.9 Å². The highest BCUT2D eigenvalue weighted by Gasteiger charge is 2.36. The van der Waals surface area contributed by atoms with Crippen LogP contribution in [0.1, 0.15) is 34.1 Å².